The molecule has 0 saturated heterocycles. The molecule has 1 heterocycles. The third-order valence-electron chi connectivity index (χ3n) is 4.08. The SMILES string of the molecule is CCN(CC)Cc1cccc(CP(C(C)(C)C)C(C)(C)C)n1.[C-]#[O+].[Cl][Ru]. The van der Waals surface area contributed by atoms with Crippen LogP contribution in [0.25, 0.3) is 0 Å². The Hall–Kier alpha value is 0.193. The zero-order chi connectivity index (χ0) is 21.0. The maximum atomic E-state index is 7.50. The third kappa shape index (κ3) is 11.1. The van der Waals surface area contributed by atoms with Crippen molar-refractivity contribution in [1.82, 2.24) is 9.88 Å². The van der Waals surface area contributed by atoms with Crippen molar-refractivity contribution in [2.45, 2.75) is 78.4 Å². The Balaban J connectivity index is 0. The van der Waals surface area contributed by atoms with E-state index in [0.29, 0.717) is 10.3 Å². The average Bonchev–Trinajstić information content (AvgIpc) is 2.59. The third-order valence-corrected chi connectivity index (χ3v) is 7.96. The van der Waals surface area contributed by atoms with Crippen LogP contribution in [0.15, 0.2) is 18.2 Å². The molecule has 0 aromatic carbocycles. The van der Waals surface area contributed by atoms with Gasteiger partial charge in [-0.1, -0.05) is 69.4 Å². The molecule has 1 aromatic heterocycles. The van der Waals surface area contributed by atoms with Crippen LogP contribution < -0.4 is 0 Å². The molecule has 6 heteroatoms. The van der Waals surface area contributed by atoms with Crippen molar-refractivity contribution in [2.75, 3.05) is 13.1 Å². The van der Waals surface area contributed by atoms with Gasteiger partial charge in [0.15, 0.2) is 0 Å². The molecule has 0 fully saturated rings. The van der Waals surface area contributed by atoms with Crippen molar-refractivity contribution < 1.29 is 22.0 Å². The predicted molar refractivity (Wildman–Crippen MR) is 111 cm³/mol. The summed E-state index contributed by atoms with van der Waals surface area (Å²) in [5, 5.41) is 0.703. The van der Waals surface area contributed by atoms with Crippen LogP contribution in [0.4, 0.5) is 0 Å². The van der Waals surface area contributed by atoms with Gasteiger partial charge in [0.2, 0.25) is 0 Å². The van der Waals surface area contributed by atoms with Crippen molar-refractivity contribution in [3.8, 4) is 0 Å². The quantitative estimate of drug-likeness (QED) is 0.209. The molecule has 0 N–H and O–H groups in total. The summed E-state index contributed by atoms with van der Waals surface area (Å²) in [6, 6.07) is 6.55. The van der Waals surface area contributed by atoms with Gasteiger partial charge in [-0.15, -0.1) is 0 Å². The van der Waals surface area contributed by atoms with E-state index in [1.165, 1.54) is 11.4 Å². The van der Waals surface area contributed by atoms with Crippen LogP contribution in [-0.2, 0) is 34.7 Å². The minimum absolute atomic E-state index is 0.135. The first-order valence-electron chi connectivity index (χ1n) is 8.86. The normalized spacial score (nSPS) is 11.5. The monoisotopic (exact) mass is 487 g/mol. The van der Waals surface area contributed by atoms with E-state index in [0.717, 1.165) is 25.8 Å². The summed E-state index contributed by atoms with van der Waals surface area (Å²) in [5.74, 6) is 0. The number of halogens is 1. The van der Waals surface area contributed by atoms with E-state index in [2.05, 4.69) is 94.8 Å². The number of nitrogens with zero attached hydrogens (tertiary/aromatic N) is 2. The van der Waals surface area contributed by atoms with Gasteiger partial charge < -0.3 is 0 Å². The van der Waals surface area contributed by atoms with Gasteiger partial charge in [-0.3, -0.25) is 9.88 Å². The zero-order valence-electron chi connectivity index (χ0n) is 17.5. The van der Waals surface area contributed by atoms with Crippen LogP contribution in [0, 0.1) is 6.65 Å². The van der Waals surface area contributed by atoms with Crippen LogP contribution >= 0.6 is 17.6 Å². The molecule has 0 atom stereocenters. The average molecular weight is 487 g/mol. The van der Waals surface area contributed by atoms with Gasteiger partial charge in [0.05, 0.1) is 5.69 Å². The van der Waals surface area contributed by atoms with Crippen LogP contribution in [0.3, 0.4) is 0 Å². The van der Waals surface area contributed by atoms with Gasteiger partial charge in [-0.25, -0.2) is 0 Å². The van der Waals surface area contributed by atoms with Crippen LogP contribution in [0.5, 0.6) is 0 Å². The van der Waals surface area contributed by atoms with E-state index in [1.54, 1.807) is 0 Å². The van der Waals surface area contributed by atoms with Crippen LogP contribution in [-0.4, -0.2) is 33.3 Å². The van der Waals surface area contributed by atoms with Crippen molar-refractivity contribution in [1.29, 1.82) is 0 Å². The molecule has 0 unspecified atom stereocenters. The molecule has 0 saturated carbocycles. The molecule has 3 nitrogen and oxygen atoms in total. The first kappa shape index (κ1) is 28.4. The van der Waals surface area contributed by atoms with Crippen molar-refractivity contribution in [2.24, 2.45) is 0 Å². The summed E-state index contributed by atoms with van der Waals surface area (Å²) in [5.41, 5.74) is 2.47. The summed E-state index contributed by atoms with van der Waals surface area (Å²) in [4.78, 5) is 7.37. The second kappa shape index (κ2) is 14.2. The van der Waals surface area contributed by atoms with Gasteiger partial charge >= 0.3 is 38.3 Å². The minimum atomic E-state index is -0.135. The van der Waals surface area contributed by atoms with E-state index in [-0.39, 0.29) is 7.92 Å². The summed E-state index contributed by atoms with van der Waals surface area (Å²) < 4.78 is 7.50. The van der Waals surface area contributed by atoms with Crippen molar-refractivity contribution in [3.05, 3.63) is 36.2 Å². The van der Waals surface area contributed by atoms with Crippen molar-refractivity contribution in [3.63, 3.8) is 0 Å². The predicted octanol–water partition coefficient (Wildman–Crippen LogP) is 6.15. The Morgan fingerprint density at radius 1 is 1.00 bits per heavy atom. The number of rotatable bonds is 6. The molecule has 151 valence electrons. The number of hydrogen-bond acceptors (Lipinski definition) is 2. The Bertz CT molecular complexity index is 495. The summed E-state index contributed by atoms with van der Waals surface area (Å²) in [6.07, 6.45) is 1.12. The molecule has 0 spiro atoms. The van der Waals surface area contributed by atoms with E-state index >= 15 is 0 Å². The van der Waals surface area contributed by atoms with Crippen LogP contribution in [0.2, 0.25) is 0 Å². The molecule has 26 heavy (non-hydrogen) atoms. The van der Waals surface area contributed by atoms with Gasteiger partial charge in [0.1, 0.15) is 0 Å². The molecule has 1 rings (SSSR count). The summed E-state index contributed by atoms with van der Waals surface area (Å²) in [7, 11) is 4.43. The molecule has 0 aliphatic carbocycles. The Kier molecular flexibility index (Phi) is 15.5. The Morgan fingerprint density at radius 2 is 1.42 bits per heavy atom. The molecule has 1 aromatic rings. The molecule has 0 bridgehead atoms. The first-order chi connectivity index (χ1) is 12.1. The van der Waals surface area contributed by atoms with Gasteiger partial charge in [-0.2, -0.15) is 0 Å². The topological polar surface area (TPSA) is 36.0 Å². The van der Waals surface area contributed by atoms with Crippen LogP contribution in [0.1, 0.15) is 66.8 Å². The molecule has 0 aliphatic heterocycles. The van der Waals surface area contributed by atoms with E-state index in [1.807, 2.05) is 17.3 Å². The Morgan fingerprint density at radius 3 is 1.81 bits per heavy atom. The molecule has 0 aliphatic rings. The first-order valence-corrected chi connectivity index (χ1v) is 12.6. The standard InChI is InChI=1S/C19H35N2P.CO.ClH.Ru/c1-9-21(10-2)14-16-12-11-13-17(20-16)15-22(18(3,4)5)19(6,7)8;1-2;;/h11-13H,9-10,14-15H2,1-8H3;;1H;/q;;;+1/p-1. The fourth-order valence-corrected chi connectivity index (χ4v) is 6.49. The number of aromatic nitrogens is 1. The number of pyridine rings is 1. The maximum absolute atomic E-state index is 7.50. The molecular weight excluding hydrogens is 452 g/mol. The number of hydrogen-bond donors (Lipinski definition) is 0. The summed E-state index contributed by atoms with van der Waals surface area (Å²) >= 11 is 1.82. The fraction of sp³-hybridized carbons (Fsp3) is 0.700. The molecule has 0 radical (unpaired) electrons. The molecule has 0 amide bonds. The van der Waals surface area contributed by atoms with E-state index in [9.17, 15) is 0 Å². The van der Waals surface area contributed by atoms with Crippen molar-refractivity contribution >= 4 is 17.6 Å². The van der Waals surface area contributed by atoms with E-state index < -0.39 is 0 Å². The summed E-state index contributed by atoms with van der Waals surface area (Å²) in [6.45, 7) is 26.3. The second-order valence-corrected chi connectivity index (χ2v) is 11.9. The molecular formula is C20H35ClN2OPRu. The Labute approximate surface area is 176 Å². The second-order valence-electron chi connectivity index (χ2n) is 8.01. The van der Waals surface area contributed by atoms with E-state index in [4.69, 9.17) is 9.64 Å². The zero-order valence-corrected chi connectivity index (χ0v) is 20.9. The van der Waals surface area contributed by atoms with Gasteiger partial charge in [0, 0.05) is 18.4 Å². The van der Waals surface area contributed by atoms with Gasteiger partial charge in [-0.05, 0) is 35.5 Å². The fourth-order valence-electron chi connectivity index (χ4n) is 3.02. The van der Waals surface area contributed by atoms with Gasteiger partial charge in [0.25, 0.3) is 0 Å².